The summed E-state index contributed by atoms with van der Waals surface area (Å²) in [6, 6.07) is 16.8. The molecule has 2 amide bonds. The smallest absolute Gasteiger partial charge is 0.407 e. The largest absolute Gasteiger partial charge is 0.444 e. The van der Waals surface area contributed by atoms with E-state index in [9.17, 15) is 9.59 Å². The van der Waals surface area contributed by atoms with Crippen molar-refractivity contribution in [2.45, 2.75) is 83.8 Å². The predicted octanol–water partition coefficient (Wildman–Crippen LogP) is 4.98. The second-order valence-electron chi connectivity index (χ2n) is 11.4. The van der Waals surface area contributed by atoms with Crippen molar-refractivity contribution < 1.29 is 14.3 Å². The molecule has 0 aliphatic carbocycles. The molecule has 10 heteroatoms. The topological polar surface area (TPSA) is 139 Å². The number of hydrogen-bond acceptors (Lipinski definition) is 7. The van der Waals surface area contributed by atoms with Crippen LogP contribution in [0.15, 0.2) is 48.5 Å². The molecule has 0 radical (unpaired) electrons. The average molecular weight is 564 g/mol. The molecule has 1 atom stereocenters. The van der Waals surface area contributed by atoms with Crippen molar-refractivity contribution in [2.75, 3.05) is 20.1 Å². The van der Waals surface area contributed by atoms with Crippen LogP contribution in [-0.2, 0) is 22.4 Å². The van der Waals surface area contributed by atoms with Gasteiger partial charge in [-0.15, -0.1) is 10.2 Å². The third-order valence-corrected chi connectivity index (χ3v) is 6.88. The summed E-state index contributed by atoms with van der Waals surface area (Å²) in [4.78, 5) is 26.7. The molecule has 10 nitrogen and oxygen atoms in total. The van der Waals surface area contributed by atoms with E-state index in [2.05, 4.69) is 74.5 Å². The Bertz CT molecular complexity index is 1190. The summed E-state index contributed by atoms with van der Waals surface area (Å²) >= 11 is 0. The Hall–Kier alpha value is -3.79. The molecule has 222 valence electrons. The summed E-state index contributed by atoms with van der Waals surface area (Å²) in [6.45, 7) is 6.71. The highest BCUT2D eigenvalue weighted by Crippen LogP contribution is 2.24. The summed E-state index contributed by atoms with van der Waals surface area (Å²) in [7, 11) is 1.78. The lowest BCUT2D eigenvalue weighted by atomic mass is 9.99. The molecule has 0 saturated carbocycles. The Labute approximate surface area is 243 Å². The van der Waals surface area contributed by atoms with Gasteiger partial charge < -0.3 is 20.7 Å². The molecule has 0 saturated heterocycles. The highest BCUT2D eigenvalue weighted by Gasteiger charge is 2.25. The molecule has 0 unspecified atom stereocenters. The number of alkyl carbamates (subject to hydrolysis) is 1. The molecule has 0 fully saturated rings. The zero-order valence-corrected chi connectivity index (χ0v) is 24.9. The van der Waals surface area contributed by atoms with Crippen LogP contribution in [0.4, 0.5) is 4.79 Å². The number of benzene rings is 2. The van der Waals surface area contributed by atoms with E-state index < -0.39 is 11.7 Å². The molecule has 1 aromatic heterocycles. The van der Waals surface area contributed by atoms with E-state index in [1.54, 1.807) is 11.9 Å². The Balaban J connectivity index is 1.48. The van der Waals surface area contributed by atoms with Gasteiger partial charge in [0.1, 0.15) is 5.60 Å². The molecule has 2 aromatic carbocycles. The molecule has 1 heterocycles. The maximum absolute atomic E-state index is 13.1. The van der Waals surface area contributed by atoms with Gasteiger partial charge in [-0.3, -0.25) is 4.79 Å². The second kappa shape index (κ2) is 15.9. The van der Waals surface area contributed by atoms with Gasteiger partial charge in [0.25, 0.3) is 0 Å². The van der Waals surface area contributed by atoms with Gasteiger partial charge in [0, 0.05) is 20.0 Å². The first kappa shape index (κ1) is 31.7. The number of amides is 2. The minimum absolute atomic E-state index is 0.0148. The van der Waals surface area contributed by atoms with Crippen LogP contribution in [0, 0.1) is 0 Å². The number of hydrogen-bond donors (Lipinski definition) is 3. The van der Waals surface area contributed by atoms with Crippen molar-refractivity contribution in [1.29, 1.82) is 0 Å². The lowest BCUT2D eigenvalue weighted by Gasteiger charge is -2.26. The van der Waals surface area contributed by atoms with Gasteiger partial charge in [-0.1, -0.05) is 53.7 Å². The molecule has 4 N–H and O–H groups in total. The number of nitrogens with two attached hydrogens (primary N) is 1. The Morgan fingerprint density at radius 2 is 1.59 bits per heavy atom. The number of aromatic amines is 1. The van der Waals surface area contributed by atoms with Gasteiger partial charge >= 0.3 is 6.09 Å². The number of ether oxygens (including phenoxy) is 1. The SMILES string of the molecule is CN(C(=O)CCc1ccc(-c2ccc(CCCCN)cc2)cc1)[C@@H](CCCCNC(=O)OC(C)(C)C)c1nn[nH]n1. The van der Waals surface area contributed by atoms with Crippen LogP contribution in [0.2, 0.25) is 0 Å². The summed E-state index contributed by atoms with van der Waals surface area (Å²) in [5.74, 6) is 0.497. The molecular weight excluding hydrogens is 518 g/mol. The quantitative estimate of drug-likeness (QED) is 0.222. The molecule has 0 aliphatic heterocycles. The third-order valence-electron chi connectivity index (χ3n) is 6.88. The summed E-state index contributed by atoms with van der Waals surface area (Å²) in [5, 5.41) is 17.2. The first-order chi connectivity index (χ1) is 19.7. The number of nitrogens with one attached hydrogen (secondary N) is 2. The van der Waals surface area contributed by atoms with E-state index in [-0.39, 0.29) is 11.9 Å². The maximum atomic E-state index is 13.1. The average Bonchev–Trinajstić information content (AvgIpc) is 3.48. The Kier molecular flexibility index (Phi) is 12.3. The van der Waals surface area contributed by atoms with E-state index in [0.717, 1.165) is 49.8 Å². The van der Waals surface area contributed by atoms with Crippen molar-refractivity contribution in [1.82, 2.24) is 30.8 Å². The van der Waals surface area contributed by atoms with Gasteiger partial charge in [0.2, 0.25) is 5.91 Å². The monoisotopic (exact) mass is 563 g/mol. The van der Waals surface area contributed by atoms with Crippen LogP contribution in [0.5, 0.6) is 0 Å². The van der Waals surface area contributed by atoms with Crippen LogP contribution in [-0.4, -0.2) is 63.3 Å². The number of unbranched alkanes of at least 4 members (excludes halogenated alkanes) is 2. The van der Waals surface area contributed by atoms with Gasteiger partial charge in [0.05, 0.1) is 6.04 Å². The number of aryl methyl sites for hydroxylation is 2. The number of tetrazole rings is 1. The number of carbonyl (C=O) groups is 2. The van der Waals surface area contributed by atoms with Crippen LogP contribution >= 0.6 is 0 Å². The number of aromatic nitrogens is 4. The molecule has 0 bridgehead atoms. The van der Waals surface area contributed by atoms with Crippen molar-refractivity contribution in [3.63, 3.8) is 0 Å². The minimum atomic E-state index is -0.532. The highest BCUT2D eigenvalue weighted by atomic mass is 16.6. The van der Waals surface area contributed by atoms with Crippen LogP contribution in [0.25, 0.3) is 11.1 Å². The first-order valence-corrected chi connectivity index (χ1v) is 14.5. The standard InChI is InChI=1S/C31H45N7O3/c1-31(2,3)41-30(40)33-22-8-6-10-27(29-34-36-37-35-29)38(4)28(39)20-15-24-13-18-26(19-14-24)25-16-11-23(12-17-25)9-5-7-21-32/h11-14,16-19,27H,5-10,15,20-22,32H2,1-4H3,(H,33,40)(H,34,35,36,37)/t27-/m0/s1. The lowest BCUT2D eigenvalue weighted by Crippen LogP contribution is -2.33. The van der Waals surface area contributed by atoms with Gasteiger partial charge in [-0.25, -0.2) is 4.79 Å². The van der Waals surface area contributed by atoms with Crippen molar-refractivity contribution in [3.05, 3.63) is 65.5 Å². The van der Waals surface area contributed by atoms with E-state index >= 15 is 0 Å². The number of rotatable bonds is 15. The van der Waals surface area contributed by atoms with E-state index in [1.807, 2.05) is 20.8 Å². The summed E-state index contributed by atoms with van der Waals surface area (Å²) in [5.41, 5.74) is 9.84. The normalized spacial score (nSPS) is 12.1. The van der Waals surface area contributed by atoms with Gasteiger partial charge in [-0.05, 0) is 94.5 Å². The number of H-pyrrole nitrogens is 1. The van der Waals surface area contributed by atoms with Crippen LogP contribution in [0.3, 0.4) is 0 Å². The fourth-order valence-corrected chi connectivity index (χ4v) is 4.58. The third kappa shape index (κ3) is 11.0. The number of carbonyl (C=O) groups excluding carboxylic acids is 2. The minimum Gasteiger partial charge on any atom is -0.444 e. The Morgan fingerprint density at radius 3 is 2.15 bits per heavy atom. The van der Waals surface area contributed by atoms with E-state index in [0.29, 0.717) is 31.6 Å². The highest BCUT2D eigenvalue weighted by molar-refractivity contribution is 5.76. The van der Waals surface area contributed by atoms with Crippen molar-refractivity contribution in [3.8, 4) is 11.1 Å². The molecule has 41 heavy (non-hydrogen) atoms. The lowest BCUT2D eigenvalue weighted by molar-refractivity contribution is -0.132. The molecule has 3 aromatic rings. The number of nitrogens with zero attached hydrogens (tertiary/aromatic N) is 4. The molecule has 3 rings (SSSR count). The first-order valence-electron chi connectivity index (χ1n) is 14.5. The molecule has 0 spiro atoms. The van der Waals surface area contributed by atoms with E-state index in [1.165, 1.54) is 11.1 Å². The predicted molar refractivity (Wildman–Crippen MR) is 160 cm³/mol. The fourth-order valence-electron chi connectivity index (χ4n) is 4.58. The Morgan fingerprint density at radius 1 is 0.951 bits per heavy atom. The van der Waals surface area contributed by atoms with Crippen molar-refractivity contribution >= 4 is 12.0 Å². The maximum Gasteiger partial charge on any atom is 0.407 e. The van der Waals surface area contributed by atoms with E-state index in [4.69, 9.17) is 10.5 Å². The zero-order chi connectivity index (χ0) is 29.7. The molecule has 0 aliphatic rings. The van der Waals surface area contributed by atoms with Gasteiger partial charge in [-0.2, -0.15) is 5.21 Å². The summed E-state index contributed by atoms with van der Waals surface area (Å²) < 4.78 is 5.27. The van der Waals surface area contributed by atoms with Crippen LogP contribution < -0.4 is 11.1 Å². The van der Waals surface area contributed by atoms with Gasteiger partial charge in [0.15, 0.2) is 5.82 Å². The fraction of sp³-hybridized carbons (Fsp3) is 0.516. The zero-order valence-electron chi connectivity index (χ0n) is 24.9. The summed E-state index contributed by atoms with van der Waals surface area (Å²) in [6.07, 6.45) is 5.96. The molecular formula is C31H45N7O3. The van der Waals surface area contributed by atoms with Crippen LogP contribution in [0.1, 0.15) is 82.3 Å². The van der Waals surface area contributed by atoms with Crippen molar-refractivity contribution in [2.24, 2.45) is 5.73 Å². The second-order valence-corrected chi connectivity index (χ2v) is 11.4.